The normalized spacial score (nSPS) is 26.1. The minimum atomic E-state index is -0.489. The summed E-state index contributed by atoms with van der Waals surface area (Å²) in [6.45, 7) is 6.25. The number of piperidine rings is 1. The Morgan fingerprint density at radius 2 is 1.71 bits per heavy atom. The third-order valence-electron chi connectivity index (χ3n) is 4.49. The van der Waals surface area contributed by atoms with Gasteiger partial charge in [0.1, 0.15) is 0 Å². The summed E-state index contributed by atoms with van der Waals surface area (Å²) < 4.78 is 0. The monoisotopic (exact) mass is 254 g/mol. The van der Waals surface area contributed by atoms with Crippen molar-refractivity contribution in [1.82, 2.24) is 4.90 Å². The molecule has 0 aromatic carbocycles. The van der Waals surface area contributed by atoms with Crippen LogP contribution >= 0.6 is 12.2 Å². The molecule has 1 saturated heterocycles. The molecule has 2 fully saturated rings. The second-order valence-corrected chi connectivity index (χ2v) is 6.70. The first-order valence-electron chi connectivity index (χ1n) is 6.47. The van der Waals surface area contributed by atoms with Crippen molar-refractivity contribution < 1.29 is 4.79 Å². The van der Waals surface area contributed by atoms with E-state index in [0.717, 1.165) is 45.2 Å². The van der Waals surface area contributed by atoms with E-state index < -0.39 is 5.41 Å². The fraction of sp³-hybridized carbons (Fsp3) is 0.846. The first kappa shape index (κ1) is 12.8. The Balaban J connectivity index is 2.04. The van der Waals surface area contributed by atoms with Gasteiger partial charge in [-0.3, -0.25) is 4.79 Å². The van der Waals surface area contributed by atoms with Gasteiger partial charge >= 0.3 is 0 Å². The zero-order valence-electron chi connectivity index (χ0n) is 10.8. The van der Waals surface area contributed by atoms with E-state index >= 15 is 0 Å². The SMILES string of the molecule is CC1(C)CCN(C(=O)C2(C(N)=S)CCC2)CC1. The molecule has 1 amide bonds. The molecule has 1 saturated carbocycles. The molecule has 0 unspecified atom stereocenters. The van der Waals surface area contributed by atoms with Crippen LogP contribution in [0.1, 0.15) is 46.0 Å². The van der Waals surface area contributed by atoms with Gasteiger partial charge in [-0.05, 0) is 31.1 Å². The van der Waals surface area contributed by atoms with Crippen LogP contribution < -0.4 is 5.73 Å². The lowest BCUT2D eigenvalue weighted by molar-refractivity contribution is -0.144. The zero-order valence-corrected chi connectivity index (χ0v) is 11.6. The number of carbonyl (C=O) groups excluding carboxylic acids is 1. The Kier molecular flexibility index (Phi) is 3.19. The average Bonchev–Trinajstić information content (AvgIpc) is 2.14. The number of nitrogens with zero attached hydrogens (tertiary/aromatic N) is 1. The number of hydrogen-bond acceptors (Lipinski definition) is 2. The predicted octanol–water partition coefficient (Wildman–Crippen LogP) is 2.09. The third-order valence-corrected chi connectivity index (χ3v) is 4.88. The second kappa shape index (κ2) is 4.23. The second-order valence-electron chi connectivity index (χ2n) is 6.26. The molecule has 2 rings (SSSR count). The molecule has 0 radical (unpaired) electrons. The summed E-state index contributed by atoms with van der Waals surface area (Å²) in [6, 6.07) is 0. The fourth-order valence-corrected chi connectivity index (χ4v) is 3.01. The average molecular weight is 254 g/mol. The minimum Gasteiger partial charge on any atom is -0.392 e. The van der Waals surface area contributed by atoms with E-state index in [1.807, 2.05) is 4.90 Å². The van der Waals surface area contributed by atoms with Crippen molar-refractivity contribution in [3.05, 3.63) is 0 Å². The molecule has 2 aliphatic rings. The Hall–Kier alpha value is -0.640. The quantitative estimate of drug-likeness (QED) is 0.768. The first-order valence-corrected chi connectivity index (χ1v) is 6.88. The Bertz CT molecular complexity index is 337. The van der Waals surface area contributed by atoms with Gasteiger partial charge in [0.25, 0.3) is 0 Å². The molecule has 0 spiro atoms. The molecule has 2 N–H and O–H groups in total. The number of hydrogen-bond donors (Lipinski definition) is 1. The standard InChI is InChI=1S/C13H22N2OS/c1-12(2)6-8-15(9-7-12)11(16)13(10(14)17)4-3-5-13/h3-9H2,1-2H3,(H2,14,17). The molecule has 0 aromatic rings. The summed E-state index contributed by atoms with van der Waals surface area (Å²) >= 11 is 5.10. The molecule has 96 valence electrons. The molecule has 0 atom stereocenters. The van der Waals surface area contributed by atoms with Gasteiger partial charge in [-0.25, -0.2) is 0 Å². The fourth-order valence-electron chi connectivity index (χ4n) is 2.71. The number of carbonyl (C=O) groups is 1. The highest BCUT2D eigenvalue weighted by Crippen LogP contribution is 2.44. The van der Waals surface area contributed by atoms with Crippen molar-refractivity contribution >= 4 is 23.1 Å². The Morgan fingerprint density at radius 3 is 2.06 bits per heavy atom. The van der Waals surface area contributed by atoms with Gasteiger partial charge < -0.3 is 10.6 Å². The van der Waals surface area contributed by atoms with Gasteiger partial charge in [-0.2, -0.15) is 0 Å². The van der Waals surface area contributed by atoms with Crippen molar-refractivity contribution in [2.24, 2.45) is 16.6 Å². The highest BCUT2D eigenvalue weighted by molar-refractivity contribution is 7.80. The maximum Gasteiger partial charge on any atom is 0.235 e. The lowest BCUT2D eigenvalue weighted by atomic mass is 9.67. The van der Waals surface area contributed by atoms with Crippen LogP contribution in [0.15, 0.2) is 0 Å². The van der Waals surface area contributed by atoms with Crippen LogP contribution in [0.25, 0.3) is 0 Å². The number of nitrogens with two attached hydrogens (primary N) is 1. The predicted molar refractivity (Wildman–Crippen MR) is 72.7 cm³/mol. The number of thiocarbonyl (C=S) groups is 1. The number of rotatable bonds is 2. The third kappa shape index (κ3) is 2.19. The van der Waals surface area contributed by atoms with Gasteiger partial charge in [0.2, 0.25) is 5.91 Å². The van der Waals surface area contributed by atoms with Crippen molar-refractivity contribution in [2.45, 2.75) is 46.0 Å². The maximum atomic E-state index is 12.5. The van der Waals surface area contributed by atoms with E-state index in [1.165, 1.54) is 0 Å². The van der Waals surface area contributed by atoms with Crippen LogP contribution in [-0.4, -0.2) is 28.9 Å². The van der Waals surface area contributed by atoms with Crippen LogP contribution in [0.2, 0.25) is 0 Å². The minimum absolute atomic E-state index is 0.187. The summed E-state index contributed by atoms with van der Waals surface area (Å²) in [7, 11) is 0. The molecule has 0 bridgehead atoms. The first-order chi connectivity index (χ1) is 7.87. The number of likely N-dealkylation sites (tertiary alicyclic amines) is 1. The molecule has 1 aliphatic heterocycles. The summed E-state index contributed by atoms with van der Waals surface area (Å²) in [5.41, 5.74) is 5.66. The highest BCUT2D eigenvalue weighted by Gasteiger charge is 2.49. The lowest BCUT2D eigenvalue weighted by Gasteiger charge is -2.45. The lowest BCUT2D eigenvalue weighted by Crippen LogP contribution is -2.56. The smallest absolute Gasteiger partial charge is 0.235 e. The van der Waals surface area contributed by atoms with E-state index in [-0.39, 0.29) is 5.91 Å². The highest BCUT2D eigenvalue weighted by atomic mass is 32.1. The molecular weight excluding hydrogens is 232 g/mol. The largest absolute Gasteiger partial charge is 0.392 e. The molecule has 0 aromatic heterocycles. The van der Waals surface area contributed by atoms with Gasteiger partial charge in [0, 0.05) is 13.1 Å². The topological polar surface area (TPSA) is 46.3 Å². The Morgan fingerprint density at radius 1 is 1.18 bits per heavy atom. The van der Waals surface area contributed by atoms with E-state index in [2.05, 4.69) is 13.8 Å². The van der Waals surface area contributed by atoms with Crippen LogP contribution in [0, 0.1) is 10.8 Å². The molecule has 1 aliphatic carbocycles. The summed E-state index contributed by atoms with van der Waals surface area (Å²) in [6.07, 6.45) is 4.92. The molecule has 17 heavy (non-hydrogen) atoms. The van der Waals surface area contributed by atoms with Gasteiger partial charge in [-0.15, -0.1) is 0 Å². The van der Waals surface area contributed by atoms with Crippen LogP contribution in [0.4, 0.5) is 0 Å². The maximum absolute atomic E-state index is 12.5. The zero-order chi connectivity index (χ0) is 12.7. The van der Waals surface area contributed by atoms with E-state index in [1.54, 1.807) is 0 Å². The summed E-state index contributed by atoms with van der Waals surface area (Å²) in [5, 5.41) is 0. The van der Waals surface area contributed by atoms with E-state index in [9.17, 15) is 4.79 Å². The Labute approximate surface area is 109 Å². The van der Waals surface area contributed by atoms with Gasteiger partial charge in [-0.1, -0.05) is 32.5 Å². The van der Waals surface area contributed by atoms with Crippen molar-refractivity contribution in [2.75, 3.05) is 13.1 Å². The molecular formula is C13H22N2OS. The molecule has 4 heteroatoms. The van der Waals surface area contributed by atoms with Crippen molar-refractivity contribution in [1.29, 1.82) is 0 Å². The van der Waals surface area contributed by atoms with Crippen molar-refractivity contribution in [3.63, 3.8) is 0 Å². The summed E-state index contributed by atoms with van der Waals surface area (Å²) in [4.78, 5) is 14.9. The van der Waals surface area contributed by atoms with E-state index in [4.69, 9.17) is 18.0 Å². The summed E-state index contributed by atoms with van der Waals surface area (Å²) in [5.74, 6) is 0.187. The molecule has 3 nitrogen and oxygen atoms in total. The van der Waals surface area contributed by atoms with E-state index in [0.29, 0.717) is 10.4 Å². The van der Waals surface area contributed by atoms with Crippen LogP contribution in [0.5, 0.6) is 0 Å². The van der Waals surface area contributed by atoms with Gasteiger partial charge in [0.15, 0.2) is 0 Å². The van der Waals surface area contributed by atoms with Crippen LogP contribution in [-0.2, 0) is 4.79 Å². The van der Waals surface area contributed by atoms with Crippen LogP contribution in [0.3, 0.4) is 0 Å². The molecule has 1 heterocycles. The van der Waals surface area contributed by atoms with Gasteiger partial charge in [0.05, 0.1) is 10.4 Å². The van der Waals surface area contributed by atoms with Crippen molar-refractivity contribution in [3.8, 4) is 0 Å². The number of amides is 1.